The van der Waals surface area contributed by atoms with Gasteiger partial charge in [-0.25, -0.2) is 4.79 Å². The highest BCUT2D eigenvalue weighted by Crippen LogP contribution is 2.20. The van der Waals surface area contributed by atoms with Crippen LogP contribution in [-0.4, -0.2) is 32.6 Å². The lowest BCUT2D eigenvalue weighted by molar-refractivity contribution is -0.147. The Kier molecular flexibility index (Phi) is 9.46. The topological polar surface area (TPSA) is 108 Å². The van der Waals surface area contributed by atoms with Crippen molar-refractivity contribution in [3.63, 3.8) is 0 Å². The molecule has 0 fully saturated rings. The van der Waals surface area contributed by atoms with Gasteiger partial charge in [0.2, 0.25) is 0 Å². The summed E-state index contributed by atoms with van der Waals surface area (Å²) in [6.45, 7) is 3.59. The van der Waals surface area contributed by atoms with Crippen LogP contribution in [0.3, 0.4) is 0 Å². The van der Waals surface area contributed by atoms with E-state index in [-0.39, 0.29) is 29.8 Å². The molecule has 0 aromatic heterocycles. The Bertz CT molecular complexity index is 1230. The molecule has 0 aliphatic heterocycles. The predicted octanol–water partition coefficient (Wildman–Crippen LogP) is 4.63. The van der Waals surface area contributed by atoms with E-state index in [1.54, 1.807) is 44.2 Å². The zero-order valence-corrected chi connectivity index (χ0v) is 20.9. The van der Waals surface area contributed by atoms with Crippen molar-refractivity contribution in [2.24, 2.45) is 0 Å². The Labute approximate surface area is 211 Å². The van der Waals surface area contributed by atoms with Crippen LogP contribution in [0, 0.1) is 0 Å². The lowest BCUT2D eigenvalue weighted by atomic mass is 10.0. The zero-order valence-electron chi connectivity index (χ0n) is 20.1. The van der Waals surface area contributed by atoms with Gasteiger partial charge in [-0.15, -0.1) is 0 Å². The smallest absolute Gasteiger partial charge is 0.407 e. The van der Waals surface area contributed by atoms with Crippen LogP contribution in [0.25, 0.3) is 0 Å². The molecule has 0 heterocycles. The zero-order chi connectivity index (χ0) is 26.0. The van der Waals surface area contributed by atoms with E-state index in [0.717, 1.165) is 11.1 Å². The maximum atomic E-state index is 12.4. The Morgan fingerprint density at radius 1 is 0.833 bits per heavy atom. The van der Waals surface area contributed by atoms with E-state index in [1.165, 1.54) is 24.3 Å². The Hall–Kier alpha value is -3.85. The van der Waals surface area contributed by atoms with E-state index in [2.05, 4.69) is 5.32 Å². The van der Waals surface area contributed by atoms with Gasteiger partial charge in [-0.1, -0.05) is 60.7 Å². The summed E-state index contributed by atoms with van der Waals surface area (Å²) in [7, 11) is -3.96. The molecule has 0 bridgehead atoms. The minimum absolute atomic E-state index is 0.0519. The molecular weight excluding hydrogens is 482 g/mol. The average molecular weight is 512 g/mol. The third-order valence-electron chi connectivity index (χ3n) is 4.96. The molecule has 1 N–H and O–H groups in total. The van der Waals surface area contributed by atoms with Crippen LogP contribution < -0.4 is 9.50 Å². The highest BCUT2D eigenvalue weighted by molar-refractivity contribution is 7.87. The van der Waals surface area contributed by atoms with Crippen molar-refractivity contribution < 1.29 is 31.7 Å². The molecule has 0 saturated carbocycles. The number of rotatable bonds is 11. The fourth-order valence-electron chi connectivity index (χ4n) is 3.35. The van der Waals surface area contributed by atoms with Gasteiger partial charge >= 0.3 is 22.2 Å². The highest BCUT2D eigenvalue weighted by atomic mass is 32.2. The fraction of sp³-hybridized carbons (Fsp3) is 0.259. The first-order chi connectivity index (χ1) is 17.2. The molecule has 3 rings (SSSR count). The molecule has 0 saturated heterocycles. The second-order valence-corrected chi connectivity index (χ2v) is 9.89. The summed E-state index contributed by atoms with van der Waals surface area (Å²) in [4.78, 5) is 24.7. The van der Waals surface area contributed by atoms with Gasteiger partial charge < -0.3 is 19.0 Å². The second kappa shape index (κ2) is 12.7. The van der Waals surface area contributed by atoms with Crippen molar-refractivity contribution >= 4 is 22.2 Å². The molecule has 0 aliphatic rings. The van der Waals surface area contributed by atoms with E-state index >= 15 is 0 Å². The highest BCUT2D eigenvalue weighted by Gasteiger charge is 2.20. The molecule has 9 heteroatoms. The summed E-state index contributed by atoms with van der Waals surface area (Å²) in [5.41, 5.74) is 1.59. The minimum Gasteiger partial charge on any atom is -0.463 e. The first kappa shape index (κ1) is 26.7. The lowest BCUT2D eigenvalue weighted by Gasteiger charge is -2.19. The van der Waals surface area contributed by atoms with Crippen LogP contribution in [0.4, 0.5) is 4.79 Å². The number of amides is 1. The van der Waals surface area contributed by atoms with E-state index in [9.17, 15) is 18.0 Å². The van der Waals surface area contributed by atoms with Gasteiger partial charge in [-0.05, 0) is 55.7 Å². The van der Waals surface area contributed by atoms with Crippen LogP contribution >= 0.6 is 0 Å². The lowest BCUT2D eigenvalue weighted by Crippen LogP contribution is -2.39. The molecule has 36 heavy (non-hydrogen) atoms. The van der Waals surface area contributed by atoms with Crippen LogP contribution in [0.1, 0.15) is 31.4 Å². The van der Waals surface area contributed by atoms with Gasteiger partial charge in [0, 0.05) is 6.04 Å². The molecule has 1 unspecified atom stereocenters. The predicted molar refractivity (Wildman–Crippen MR) is 134 cm³/mol. The van der Waals surface area contributed by atoms with E-state index in [1.807, 2.05) is 30.3 Å². The average Bonchev–Trinajstić information content (AvgIpc) is 2.84. The summed E-state index contributed by atoms with van der Waals surface area (Å²) >= 11 is 0. The number of alkyl carbamates (subject to hydrolysis) is 1. The number of nitrogens with one attached hydrogen (secondary N) is 1. The Balaban J connectivity index is 1.64. The van der Waals surface area contributed by atoms with Crippen molar-refractivity contribution in [2.45, 2.75) is 50.3 Å². The number of carbonyl (C=O) groups is 2. The summed E-state index contributed by atoms with van der Waals surface area (Å²) in [6.07, 6.45) is -0.709. The molecule has 8 nitrogen and oxygen atoms in total. The molecule has 3 aromatic carbocycles. The van der Waals surface area contributed by atoms with Crippen molar-refractivity contribution in [2.75, 3.05) is 0 Å². The molecule has 0 aliphatic carbocycles. The van der Waals surface area contributed by atoms with Gasteiger partial charge in [0.15, 0.2) is 0 Å². The van der Waals surface area contributed by atoms with Gasteiger partial charge in [-0.3, -0.25) is 4.79 Å². The number of ether oxygens (including phenoxy) is 2. The second-order valence-electron chi connectivity index (χ2n) is 8.34. The summed E-state index contributed by atoms with van der Waals surface area (Å²) in [5.74, 6) is -0.305. The first-order valence-electron chi connectivity index (χ1n) is 11.5. The van der Waals surface area contributed by atoms with E-state index < -0.39 is 28.2 Å². The molecular formula is C27H29NO7S. The van der Waals surface area contributed by atoms with Gasteiger partial charge in [-0.2, -0.15) is 8.42 Å². The standard InChI is InChI=1S/C27H29NO7S/c1-20(2)34-26(29)18-23(28-27(30)33-19-22-9-5-3-6-10-22)17-21-13-15-24(16-14-21)35-36(31,32)25-11-7-4-8-12-25/h3-16,20,23H,17-19H2,1-2H3,(H,28,30). The van der Waals surface area contributed by atoms with E-state index in [0.29, 0.717) is 6.42 Å². The van der Waals surface area contributed by atoms with Gasteiger partial charge in [0.1, 0.15) is 17.3 Å². The van der Waals surface area contributed by atoms with Crippen molar-refractivity contribution in [1.82, 2.24) is 5.32 Å². The number of esters is 1. The third-order valence-corrected chi connectivity index (χ3v) is 6.22. The minimum atomic E-state index is -3.96. The fourth-order valence-corrected chi connectivity index (χ4v) is 4.30. The molecule has 3 aromatic rings. The maximum Gasteiger partial charge on any atom is 0.407 e. The number of hydrogen-bond acceptors (Lipinski definition) is 7. The van der Waals surface area contributed by atoms with Crippen molar-refractivity contribution in [3.8, 4) is 5.75 Å². The number of carbonyl (C=O) groups excluding carboxylic acids is 2. The number of benzene rings is 3. The first-order valence-corrected chi connectivity index (χ1v) is 12.9. The molecule has 1 amide bonds. The largest absolute Gasteiger partial charge is 0.463 e. The van der Waals surface area contributed by atoms with E-state index in [4.69, 9.17) is 13.7 Å². The third kappa shape index (κ3) is 8.74. The Morgan fingerprint density at radius 2 is 1.44 bits per heavy atom. The molecule has 1 atom stereocenters. The summed E-state index contributed by atoms with van der Waals surface area (Å²) < 4.78 is 40.6. The van der Waals surface area contributed by atoms with Crippen LogP contribution in [-0.2, 0) is 37.4 Å². The van der Waals surface area contributed by atoms with Gasteiger partial charge in [0.25, 0.3) is 0 Å². The van der Waals surface area contributed by atoms with Crippen molar-refractivity contribution in [1.29, 1.82) is 0 Å². The SMILES string of the molecule is CC(C)OC(=O)CC(Cc1ccc(OS(=O)(=O)c2ccccc2)cc1)NC(=O)OCc1ccccc1. The number of hydrogen-bond donors (Lipinski definition) is 1. The quantitative estimate of drug-likeness (QED) is 0.295. The summed E-state index contributed by atoms with van der Waals surface area (Å²) in [5, 5.41) is 2.73. The normalized spacial score (nSPS) is 12.0. The van der Waals surface area contributed by atoms with Crippen molar-refractivity contribution in [3.05, 3.63) is 96.1 Å². The van der Waals surface area contributed by atoms with Crippen LogP contribution in [0.2, 0.25) is 0 Å². The van der Waals surface area contributed by atoms with Crippen LogP contribution in [0.15, 0.2) is 89.8 Å². The Morgan fingerprint density at radius 3 is 2.06 bits per heavy atom. The van der Waals surface area contributed by atoms with Crippen LogP contribution in [0.5, 0.6) is 5.75 Å². The van der Waals surface area contributed by atoms with Gasteiger partial charge in [0.05, 0.1) is 12.5 Å². The molecule has 0 spiro atoms. The molecule has 190 valence electrons. The monoisotopic (exact) mass is 511 g/mol. The molecule has 0 radical (unpaired) electrons. The summed E-state index contributed by atoms with van der Waals surface area (Å²) in [6, 6.07) is 22.9. The maximum absolute atomic E-state index is 12.4.